The Bertz CT molecular complexity index is 641. The Morgan fingerprint density at radius 2 is 1.81 bits per heavy atom. The monoisotopic (exact) mass is 384 g/mol. The summed E-state index contributed by atoms with van der Waals surface area (Å²) in [6.45, 7) is 6.01. The quantitative estimate of drug-likeness (QED) is 0.520. The molecule has 0 radical (unpaired) electrons. The molecule has 1 saturated carbocycles. The summed E-state index contributed by atoms with van der Waals surface area (Å²) in [5.41, 5.74) is 4.92. The van der Waals surface area contributed by atoms with Crippen molar-refractivity contribution in [2.24, 2.45) is 5.92 Å². The summed E-state index contributed by atoms with van der Waals surface area (Å²) in [5, 5.41) is 0. The van der Waals surface area contributed by atoms with Gasteiger partial charge in [0.15, 0.2) is 0 Å². The second-order valence-electron chi connectivity index (χ2n) is 7.45. The first-order valence-corrected chi connectivity index (χ1v) is 9.78. The summed E-state index contributed by atoms with van der Waals surface area (Å²) in [7, 11) is 1.77. The van der Waals surface area contributed by atoms with E-state index in [1.807, 2.05) is 12.1 Å². The third-order valence-corrected chi connectivity index (χ3v) is 5.56. The van der Waals surface area contributed by atoms with Crippen LogP contribution in [-0.4, -0.2) is 26.0 Å². The standard InChI is InChI=1S/C22H31F3O2/c1-5-15(2)21(17-7-10-18(26-4)11-8-17)20-14-19(9-6-16(20)3)27-13-12-22(23,24)25/h6,9,14,17-18H,5,7-8,10-13H2,1-4H3. The molecule has 0 aliphatic heterocycles. The lowest BCUT2D eigenvalue weighted by Gasteiger charge is -2.31. The zero-order valence-electron chi connectivity index (χ0n) is 16.8. The van der Waals surface area contributed by atoms with Crippen molar-refractivity contribution in [2.75, 3.05) is 13.7 Å². The van der Waals surface area contributed by atoms with Crippen molar-refractivity contribution in [2.45, 2.75) is 71.6 Å². The second kappa shape index (κ2) is 9.63. The number of benzene rings is 1. The molecular weight excluding hydrogens is 353 g/mol. The van der Waals surface area contributed by atoms with Gasteiger partial charge >= 0.3 is 6.18 Å². The molecule has 0 bridgehead atoms. The Morgan fingerprint density at radius 3 is 2.37 bits per heavy atom. The lowest BCUT2D eigenvalue weighted by atomic mass is 9.77. The van der Waals surface area contributed by atoms with Crippen LogP contribution in [0.25, 0.3) is 5.57 Å². The molecule has 0 atom stereocenters. The average Bonchev–Trinajstić information content (AvgIpc) is 2.63. The number of aryl methyl sites for hydroxylation is 1. The molecule has 5 heteroatoms. The molecule has 2 nitrogen and oxygen atoms in total. The Morgan fingerprint density at radius 1 is 1.15 bits per heavy atom. The third-order valence-electron chi connectivity index (χ3n) is 5.56. The summed E-state index contributed by atoms with van der Waals surface area (Å²) in [6.07, 6.45) is 0.393. The van der Waals surface area contributed by atoms with Crippen molar-refractivity contribution < 1.29 is 22.6 Å². The average molecular weight is 384 g/mol. The zero-order valence-corrected chi connectivity index (χ0v) is 16.8. The minimum atomic E-state index is -4.20. The summed E-state index contributed by atoms with van der Waals surface area (Å²) >= 11 is 0. The van der Waals surface area contributed by atoms with E-state index < -0.39 is 12.6 Å². The van der Waals surface area contributed by atoms with Gasteiger partial charge in [-0.1, -0.05) is 18.6 Å². The molecule has 1 aliphatic rings. The van der Waals surface area contributed by atoms with Crippen molar-refractivity contribution in [3.63, 3.8) is 0 Å². The Balaban J connectivity index is 2.24. The number of allylic oxidation sites excluding steroid dienone is 2. The number of halogens is 3. The Labute approximate surface area is 160 Å². The van der Waals surface area contributed by atoms with Gasteiger partial charge < -0.3 is 9.47 Å². The van der Waals surface area contributed by atoms with Gasteiger partial charge in [-0.25, -0.2) is 0 Å². The van der Waals surface area contributed by atoms with E-state index >= 15 is 0 Å². The Hall–Kier alpha value is -1.49. The molecule has 0 heterocycles. The summed E-state index contributed by atoms with van der Waals surface area (Å²) in [4.78, 5) is 0. The van der Waals surface area contributed by atoms with Crippen molar-refractivity contribution in [1.82, 2.24) is 0 Å². The maximum atomic E-state index is 12.4. The van der Waals surface area contributed by atoms with Crippen LogP contribution in [0.15, 0.2) is 23.8 Å². The largest absolute Gasteiger partial charge is 0.493 e. The van der Waals surface area contributed by atoms with E-state index in [0.29, 0.717) is 17.8 Å². The van der Waals surface area contributed by atoms with Gasteiger partial charge in [-0.2, -0.15) is 13.2 Å². The molecule has 1 aromatic carbocycles. The van der Waals surface area contributed by atoms with E-state index in [1.54, 1.807) is 13.2 Å². The molecule has 0 spiro atoms. The lowest BCUT2D eigenvalue weighted by molar-refractivity contribution is -0.139. The molecule has 0 amide bonds. The van der Waals surface area contributed by atoms with Crippen LogP contribution in [0.1, 0.15) is 63.5 Å². The summed E-state index contributed by atoms with van der Waals surface area (Å²) in [6, 6.07) is 5.63. The number of hydrogen-bond acceptors (Lipinski definition) is 2. The Kier molecular flexibility index (Phi) is 7.78. The third kappa shape index (κ3) is 6.27. The normalized spacial score (nSPS) is 21.7. The molecule has 152 valence electrons. The minimum absolute atomic E-state index is 0.336. The second-order valence-corrected chi connectivity index (χ2v) is 7.45. The number of alkyl halides is 3. The van der Waals surface area contributed by atoms with Gasteiger partial charge in [-0.05, 0) is 80.7 Å². The summed E-state index contributed by atoms with van der Waals surface area (Å²) in [5.74, 6) is 0.965. The molecule has 0 saturated heterocycles. The first kappa shape index (κ1) is 21.8. The van der Waals surface area contributed by atoms with Gasteiger partial charge in [0.2, 0.25) is 0 Å². The molecule has 0 N–H and O–H groups in total. The van der Waals surface area contributed by atoms with Gasteiger partial charge in [-0.15, -0.1) is 0 Å². The van der Waals surface area contributed by atoms with Crippen LogP contribution in [0.4, 0.5) is 13.2 Å². The molecule has 2 rings (SSSR count). The fraction of sp³-hybridized carbons (Fsp3) is 0.636. The van der Waals surface area contributed by atoms with E-state index in [-0.39, 0.29) is 6.61 Å². The molecule has 1 aliphatic carbocycles. The summed E-state index contributed by atoms with van der Waals surface area (Å²) < 4.78 is 48.1. The van der Waals surface area contributed by atoms with E-state index in [9.17, 15) is 13.2 Å². The first-order chi connectivity index (χ1) is 12.7. The van der Waals surface area contributed by atoms with Crippen LogP contribution in [0.5, 0.6) is 5.75 Å². The topological polar surface area (TPSA) is 18.5 Å². The van der Waals surface area contributed by atoms with Gasteiger partial charge in [0, 0.05) is 7.11 Å². The lowest BCUT2D eigenvalue weighted by Crippen LogP contribution is -2.22. The van der Waals surface area contributed by atoms with E-state index in [1.165, 1.54) is 11.1 Å². The van der Waals surface area contributed by atoms with Gasteiger partial charge in [-0.3, -0.25) is 0 Å². The highest BCUT2D eigenvalue weighted by Crippen LogP contribution is 2.40. The van der Waals surface area contributed by atoms with Crippen LogP contribution in [0, 0.1) is 12.8 Å². The molecule has 0 unspecified atom stereocenters. The minimum Gasteiger partial charge on any atom is -0.493 e. The zero-order chi connectivity index (χ0) is 20.0. The number of rotatable bonds is 7. The smallest absolute Gasteiger partial charge is 0.392 e. The van der Waals surface area contributed by atoms with E-state index in [4.69, 9.17) is 9.47 Å². The van der Waals surface area contributed by atoms with Crippen LogP contribution in [-0.2, 0) is 4.74 Å². The van der Waals surface area contributed by atoms with Gasteiger partial charge in [0.25, 0.3) is 0 Å². The van der Waals surface area contributed by atoms with E-state index in [0.717, 1.165) is 43.2 Å². The highest BCUT2D eigenvalue weighted by Gasteiger charge is 2.28. The van der Waals surface area contributed by atoms with E-state index in [2.05, 4.69) is 20.8 Å². The maximum Gasteiger partial charge on any atom is 0.392 e. The number of ether oxygens (including phenoxy) is 2. The highest BCUT2D eigenvalue weighted by atomic mass is 19.4. The van der Waals surface area contributed by atoms with Gasteiger partial charge in [0.1, 0.15) is 5.75 Å². The molecule has 1 fully saturated rings. The van der Waals surface area contributed by atoms with Crippen LogP contribution in [0.2, 0.25) is 0 Å². The van der Waals surface area contributed by atoms with Crippen molar-refractivity contribution in [3.05, 3.63) is 34.9 Å². The molecular formula is C22H31F3O2. The SMILES string of the molecule is CCC(C)=C(c1cc(OCCC(F)(F)F)ccc1C)C1CCC(OC)CC1. The fourth-order valence-electron chi connectivity index (χ4n) is 3.84. The fourth-order valence-corrected chi connectivity index (χ4v) is 3.84. The number of hydrogen-bond donors (Lipinski definition) is 0. The highest BCUT2D eigenvalue weighted by molar-refractivity contribution is 5.73. The van der Waals surface area contributed by atoms with Crippen LogP contribution < -0.4 is 4.74 Å². The number of methoxy groups -OCH3 is 1. The molecule has 1 aromatic rings. The predicted molar refractivity (Wildman–Crippen MR) is 103 cm³/mol. The van der Waals surface area contributed by atoms with Crippen molar-refractivity contribution >= 4 is 5.57 Å². The van der Waals surface area contributed by atoms with Crippen molar-refractivity contribution in [1.29, 1.82) is 0 Å². The van der Waals surface area contributed by atoms with Crippen molar-refractivity contribution in [3.8, 4) is 5.75 Å². The first-order valence-electron chi connectivity index (χ1n) is 9.78. The predicted octanol–water partition coefficient (Wildman–Crippen LogP) is 6.71. The van der Waals surface area contributed by atoms with Crippen LogP contribution >= 0.6 is 0 Å². The van der Waals surface area contributed by atoms with Crippen LogP contribution in [0.3, 0.4) is 0 Å². The molecule has 27 heavy (non-hydrogen) atoms. The van der Waals surface area contributed by atoms with Gasteiger partial charge in [0.05, 0.1) is 19.1 Å². The molecule has 0 aromatic heterocycles. The maximum absolute atomic E-state index is 12.4.